The van der Waals surface area contributed by atoms with Gasteiger partial charge in [0.1, 0.15) is 0 Å². The van der Waals surface area contributed by atoms with Gasteiger partial charge in [0.25, 0.3) is 0 Å². The molecule has 4 nitrogen and oxygen atoms in total. The SMILES string of the molecule is CC(=O)N(CCN(C)C)CC1CCNCC1.Cl.Cl. The second-order valence-electron chi connectivity index (χ2n) is 4.96. The molecule has 1 fully saturated rings. The Kier molecular flexibility index (Phi) is 12.2. The number of amides is 1. The zero-order chi connectivity index (χ0) is 12.0. The maximum atomic E-state index is 11.5. The van der Waals surface area contributed by atoms with Crippen LogP contribution in [0.25, 0.3) is 0 Å². The predicted octanol–water partition coefficient (Wildman–Crippen LogP) is 1.24. The molecule has 110 valence electrons. The van der Waals surface area contributed by atoms with Gasteiger partial charge in [-0.2, -0.15) is 0 Å². The number of carbonyl (C=O) groups excluding carboxylic acids is 1. The first-order chi connectivity index (χ1) is 7.59. The van der Waals surface area contributed by atoms with Crippen LogP contribution in [0.15, 0.2) is 0 Å². The van der Waals surface area contributed by atoms with Crippen molar-refractivity contribution in [3.05, 3.63) is 0 Å². The normalized spacial score (nSPS) is 15.8. The van der Waals surface area contributed by atoms with Crippen LogP contribution < -0.4 is 5.32 Å². The summed E-state index contributed by atoms with van der Waals surface area (Å²) in [5, 5.41) is 3.36. The smallest absolute Gasteiger partial charge is 0.219 e. The second kappa shape index (κ2) is 10.9. The highest BCUT2D eigenvalue weighted by atomic mass is 35.5. The molecule has 0 radical (unpaired) electrons. The minimum atomic E-state index is 0. The van der Waals surface area contributed by atoms with E-state index in [1.165, 1.54) is 12.8 Å². The van der Waals surface area contributed by atoms with E-state index in [1.54, 1.807) is 6.92 Å². The molecule has 1 rings (SSSR count). The predicted molar refractivity (Wildman–Crippen MR) is 80.9 cm³/mol. The van der Waals surface area contributed by atoms with E-state index >= 15 is 0 Å². The minimum absolute atomic E-state index is 0. The second-order valence-corrected chi connectivity index (χ2v) is 4.96. The molecule has 1 amide bonds. The maximum Gasteiger partial charge on any atom is 0.219 e. The summed E-state index contributed by atoms with van der Waals surface area (Å²) < 4.78 is 0. The molecule has 1 saturated heterocycles. The number of piperidine rings is 1. The lowest BCUT2D eigenvalue weighted by atomic mass is 9.97. The molecule has 0 aromatic rings. The van der Waals surface area contributed by atoms with Crippen molar-refractivity contribution in [2.75, 3.05) is 46.8 Å². The number of nitrogens with one attached hydrogen (secondary N) is 1. The zero-order valence-corrected chi connectivity index (χ0v) is 13.3. The van der Waals surface area contributed by atoms with E-state index in [0.717, 1.165) is 32.7 Å². The molecule has 1 aliphatic heterocycles. The van der Waals surface area contributed by atoms with E-state index in [1.807, 2.05) is 19.0 Å². The highest BCUT2D eigenvalue weighted by molar-refractivity contribution is 5.85. The summed E-state index contributed by atoms with van der Waals surface area (Å²) >= 11 is 0. The van der Waals surface area contributed by atoms with Crippen molar-refractivity contribution in [1.29, 1.82) is 0 Å². The van der Waals surface area contributed by atoms with Crippen molar-refractivity contribution >= 4 is 30.7 Å². The Bertz CT molecular complexity index is 221. The summed E-state index contributed by atoms with van der Waals surface area (Å²) in [6.45, 7) is 6.62. The van der Waals surface area contributed by atoms with Crippen LogP contribution in [-0.2, 0) is 4.79 Å². The number of carbonyl (C=O) groups is 1. The van der Waals surface area contributed by atoms with Crippen LogP contribution in [0, 0.1) is 5.92 Å². The average molecular weight is 300 g/mol. The van der Waals surface area contributed by atoms with E-state index in [9.17, 15) is 4.79 Å². The number of nitrogens with zero attached hydrogens (tertiary/aromatic N) is 2. The van der Waals surface area contributed by atoms with Gasteiger partial charge in [0.2, 0.25) is 5.91 Å². The van der Waals surface area contributed by atoms with E-state index in [-0.39, 0.29) is 30.7 Å². The van der Waals surface area contributed by atoms with Crippen molar-refractivity contribution in [2.45, 2.75) is 19.8 Å². The summed E-state index contributed by atoms with van der Waals surface area (Å²) in [4.78, 5) is 15.6. The summed E-state index contributed by atoms with van der Waals surface area (Å²) in [7, 11) is 4.09. The maximum absolute atomic E-state index is 11.5. The van der Waals surface area contributed by atoms with Crippen molar-refractivity contribution in [1.82, 2.24) is 15.1 Å². The Labute approximate surface area is 123 Å². The van der Waals surface area contributed by atoms with E-state index in [0.29, 0.717) is 5.92 Å². The third-order valence-corrected chi connectivity index (χ3v) is 3.20. The van der Waals surface area contributed by atoms with Crippen LogP contribution in [0.3, 0.4) is 0 Å². The highest BCUT2D eigenvalue weighted by Crippen LogP contribution is 2.13. The number of hydrogen-bond acceptors (Lipinski definition) is 3. The van der Waals surface area contributed by atoms with E-state index in [2.05, 4.69) is 10.2 Å². The van der Waals surface area contributed by atoms with E-state index < -0.39 is 0 Å². The average Bonchev–Trinajstić information content (AvgIpc) is 2.25. The van der Waals surface area contributed by atoms with Crippen molar-refractivity contribution in [3.63, 3.8) is 0 Å². The Morgan fingerprint density at radius 2 is 1.72 bits per heavy atom. The Morgan fingerprint density at radius 1 is 1.17 bits per heavy atom. The monoisotopic (exact) mass is 299 g/mol. The number of hydrogen-bond donors (Lipinski definition) is 1. The summed E-state index contributed by atoms with van der Waals surface area (Å²) in [5.41, 5.74) is 0. The lowest BCUT2D eigenvalue weighted by Gasteiger charge is -2.30. The molecule has 6 heteroatoms. The van der Waals surface area contributed by atoms with Crippen LogP contribution in [0.2, 0.25) is 0 Å². The van der Waals surface area contributed by atoms with Gasteiger partial charge >= 0.3 is 0 Å². The van der Waals surface area contributed by atoms with E-state index in [4.69, 9.17) is 0 Å². The summed E-state index contributed by atoms with van der Waals surface area (Å²) in [5.74, 6) is 0.896. The molecule has 0 aromatic carbocycles. The molecule has 1 N–H and O–H groups in total. The fraction of sp³-hybridized carbons (Fsp3) is 0.917. The standard InChI is InChI=1S/C12H25N3O.2ClH/c1-11(16)15(9-8-14(2)3)10-12-4-6-13-7-5-12;;/h12-13H,4-10H2,1-3H3;2*1H. The molecule has 1 aliphatic rings. The van der Waals surface area contributed by atoms with Crippen LogP contribution >= 0.6 is 24.8 Å². The largest absolute Gasteiger partial charge is 0.341 e. The topological polar surface area (TPSA) is 35.6 Å². The summed E-state index contributed by atoms with van der Waals surface area (Å²) in [6.07, 6.45) is 2.40. The van der Waals surface area contributed by atoms with Gasteiger partial charge in [-0.1, -0.05) is 0 Å². The van der Waals surface area contributed by atoms with Gasteiger partial charge < -0.3 is 15.1 Å². The van der Waals surface area contributed by atoms with Crippen LogP contribution in [0.1, 0.15) is 19.8 Å². The quantitative estimate of drug-likeness (QED) is 0.830. The molecule has 1 heterocycles. The number of halogens is 2. The first kappa shape index (κ1) is 20.3. The van der Waals surface area contributed by atoms with Gasteiger partial charge in [0, 0.05) is 26.6 Å². The molecule has 0 bridgehead atoms. The minimum Gasteiger partial charge on any atom is -0.341 e. The first-order valence-corrected chi connectivity index (χ1v) is 6.20. The molecule has 0 spiro atoms. The van der Waals surface area contributed by atoms with Gasteiger partial charge in [0.05, 0.1) is 0 Å². The Hall–Kier alpha value is -0.0300. The highest BCUT2D eigenvalue weighted by Gasteiger charge is 2.18. The van der Waals surface area contributed by atoms with Gasteiger partial charge in [-0.15, -0.1) is 24.8 Å². The van der Waals surface area contributed by atoms with Crippen LogP contribution in [0.4, 0.5) is 0 Å². The molecule has 0 saturated carbocycles. The summed E-state index contributed by atoms with van der Waals surface area (Å²) in [6, 6.07) is 0. The zero-order valence-electron chi connectivity index (χ0n) is 11.6. The number of likely N-dealkylation sites (N-methyl/N-ethyl adjacent to an activating group) is 1. The third kappa shape index (κ3) is 8.14. The van der Waals surface area contributed by atoms with Crippen LogP contribution in [0.5, 0.6) is 0 Å². The molecule has 0 aromatic heterocycles. The Balaban J connectivity index is 0. The molecule has 18 heavy (non-hydrogen) atoms. The van der Waals surface area contributed by atoms with Crippen molar-refractivity contribution in [3.8, 4) is 0 Å². The third-order valence-electron chi connectivity index (χ3n) is 3.20. The molecule has 0 unspecified atom stereocenters. The molecular weight excluding hydrogens is 273 g/mol. The molecular formula is C12H27Cl2N3O. The first-order valence-electron chi connectivity index (χ1n) is 6.20. The van der Waals surface area contributed by atoms with Crippen molar-refractivity contribution in [2.24, 2.45) is 5.92 Å². The fourth-order valence-corrected chi connectivity index (χ4v) is 2.07. The number of rotatable bonds is 5. The van der Waals surface area contributed by atoms with Crippen molar-refractivity contribution < 1.29 is 4.79 Å². The lowest BCUT2D eigenvalue weighted by molar-refractivity contribution is -0.129. The lowest BCUT2D eigenvalue weighted by Crippen LogP contribution is -2.41. The van der Waals surface area contributed by atoms with Gasteiger partial charge in [-0.25, -0.2) is 0 Å². The van der Waals surface area contributed by atoms with Gasteiger partial charge in [-0.05, 0) is 45.9 Å². The van der Waals surface area contributed by atoms with Gasteiger partial charge in [0.15, 0.2) is 0 Å². The Morgan fingerprint density at radius 3 is 2.17 bits per heavy atom. The fourth-order valence-electron chi connectivity index (χ4n) is 2.07. The molecule has 0 aliphatic carbocycles. The molecule has 0 atom stereocenters. The van der Waals surface area contributed by atoms with Crippen LogP contribution in [-0.4, -0.2) is 62.5 Å². The van der Waals surface area contributed by atoms with Gasteiger partial charge in [-0.3, -0.25) is 4.79 Å².